The lowest BCUT2D eigenvalue weighted by molar-refractivity contribution is 0.568. The van der Waals surface area contributed by atoms with Crippen LogP contribution in [0.5, 0.6) is 0 Å². The van der Waals surface area contributed by atoms with Crippen molar-refractivity contribution in [1.29, 1.82) is 5.26 Å². The van der Waals surface area contributed by atoms with E-state index in [0.717, 1.165) is 0 Å². The number of pyridine rings is 1. The molecule has 0 bridgehead atoms. The monoisotopic (exact) mass is 279 g/mol. The number of furan rings is 1. The average molecular weight is 279 g/mol. The van der Waals surface area contributed by atoms with Crippen molar-refractivity contribution in [2.75, 3.05) is 5.73 Å². The second-order valence-corrected chi connectivity index (χ2v) is 4.42. The number of nitriles is 1. The molecule has 0 radical (unpaired) electrons. The molecule has 2 N–H and O–H groups in total. The first-order chi connectivity index (χ1) is 10.2. The Morgan fingerprint density at radius 1 is 1.19 bits per heavy atom. The molecule has 3 rings (SSSR count). The van der Waals surface area contributed by atoms with Crippen molar-refractivity contribution in [1.82, 2.24) is 4.98 Å². The third kappa shape index (κ3) is 2.23. The van der Waals surface area contributed by atoms with Crippen molar-refractivity contribution in [3.8, 4) is 28.5 Å². The zero-order valence-electron chi connectivity index (χ0n) is 10.9. The van der Waals surface area contributed by atoms with Gasteiger partial charge in [0.1, 0.15) is 23.3 Å². The van der Waals surface area contributed by atoms with Crippen LogP contribution in [0.3, 0.4) is 0 Å². The number of benzene rings is 1. The summed E-state index contributed by atoms with van der Waals surface area (Å²) in [7, 11) is 0. The maximum atomic E-state index is 13.9. The van der Waals surface area contributed by atoms with E-state index in [0.29, 0.717) is 22.4 Å². The second kappa shape index (κ2) is 5.10. The summed E-state index contributed by atoms with van der Waals surface area (Å²) in [6, 6.07) is 11.6. The number of hydrogen-bond acceptors (Lipinski definition) is 4. The molecule has 0 amide bonds. The fourth-order valence-electron chi connectivity index (χ4n) is 2.13. The van der Waals surface area contributed by atoms with Crippen LogP contribution in [-0.4, -0.2) is 4.98 Å². The van der Waals surface area contributed by atoms with Gasteiger partial charge in [0.25, 0.3) is 0 Å². The number of anilines is 1. The van der Waals surface area contributed by atoms with E-state index in [4.69, 9.17) is 10.2 Å². The molecule has 21 heavy (non-hydrogen) atoms. The maximum absolute atomic E-state index is 13.9. The van der Waals surface area contributed by atoms with Crippen molar-refractivity contribution < 1.29 is 8.81 Å². The van der Waals surface area contributed by atoms with Gasteiger partial charge in [-0.15, -0.1) is 0 Å². The van der Waals surface area contributed by atoms with Crippen molar-refractivity contribution >= 4 is 5.82 Å². The van der Waals surface area contributed by atoms with Crippen molar-refractivity contribution in [3.63, 3.8) is 0 Å². The van der Waals surface area contributed by atoms with Gasteiger partial charge >= 0.3 is 0 Å². The molecule has 0 saturated heterocycles. The van der Waals surface area contributed by atoms with Gasteiger partial charge in [-0.3, -0.25) is 0 Å². The van der Waals surface area contributed by atoms with Crippen LogP contribution >= 0.6 is 0 Å². The highest BCUT2D eigenvalue weighted by Gasteiger charge is 2.15. The van der Waals surface area contributed by atoms with Crippen molar-refractivity contribution in [3.05, 3.63) is 60.3 Å². The SMILES string of the molecule is N#Cc1c(-c2ccoc2)cc(-c2ccccc2F)nc1N. The number of nitrogens with two attached hydrogens (primary N) is 1. The Balaban J connectivity index is 2.26. The Morgan fingerprint density at radius 2 is 2.00 bits per heavy atom. The number of hydrogen-bond donors (Lipinski definition) is 1. The summed E-state index contributed by atoms with van der Waals surface area (Å²) < 4.78 is 18.9. The molecule has 1 aromatic carbocycles. The number of nitrogen functional groups attached to an aromatic ring is 1. The van der Waals surface area contributed by atoms with Crippen LogP contribution in [0.4, 0.5) is 10.2 Å². The minimum absolute atomic E-state index is 0.0643. The second-order valence-electron chi connectivity index (χ2n) is 4.42. The first-order valence-electron chi connectivity index (χ1n) is 6.19. The predicted octanol–water partition coefficient (Wildman–Crippen LogP) is 3.60. The highest BCUT2D eigenvalue weighted by atomic mass is 19.1. The molecule has 0 aliphatic rings. The van der Waals surface area contributed by atoms with Crippen LogP contribution in [0.2, 0.25) is 0 Å². The molecular weight excluding hydrogens is 269 g/mol. The smallest absolute Gasteiger partial charge is 0.142 e. The van der Waals surface area contributed by atoms with Gasteiger partial charge < -0.3 is 10.2 Å². The van der Waals surface area contributed by atoms with Gasteiger partial charge in [0.15, 0.2) is 0 Å². The van der Waals surface area contributed by atoms with E-state index < -0.39 is 5.82 Å². The molecule has 2 heterocycles. The Hall–Kier alpha value is -3.13. The molecule has 0 spiro atoms. The first kappa shape index (κ1) is 12.9. The summed E-state index contributed by atoms with van der Waals surface area (Å²) >= 11 is 0. The quantitative estimate of drug-likeness (QED) is 0.777. The molecule has 5 heteroatoms. The molecule has 0 saturated carbocycles. The van der Waals surface area contributed by atoms with Crippen molar-refractivity contribution in [2.24, 2.45) is 0 Å². The zero-order valence-corrected chi connectivity index (χ0v) is 10.9. The third-order valence-electron chi connectivity index (χ3n) is 3.14. The number of halogens is 1. The fraction of sp³-hybridized carbons (Fsp3) is 0. The highest BCUT2D eigenvalue weighted by molar-refractivity contribution is 5.79. The van der Waals surface area contributed by atoms with Gasteiger partial charge in [-0.2, -0.15) is 5.26 Å². The van der Waals surface area contributed by atoms with E-state index in [1.54, 1.807) is 30.3 Å². The van der Waals surface area contributed by atoms with E-state index >= 15 is 0 Å². The number of nitrogens with zero attached hydrogens (tertiary/aromatic N) is 2. The molecule has 2 aromatic heterocycles. The Kier molecular flexibility index (Phi) is 3.13. The Bertz CT molecular complexity index is 835. The summed E-state index contributed by atoms with van der Waals surface area (Å²) in [4.78, 5) is 4.13. The molecule has 0 atom stereocenters. The van der Waals surface area contributed by atoms with Gasteiger partial charge in [-0.05, 0) is 24.3 Å². The fourth-order valence-corrected chi connectivity index (χ4v) is 2.13. The molecule has 3 aromatic rings. The van der Waals surface area contributed by atoms with Gasteiger partial charge in [0.2, 0.25) is 0 Å². The van der Waals surface area contributed by atoms with Gasteiger partial charge in [-0.1, -0.05) is 12.1 Å². The Morgan fingerprint density at radius 3 is 2.67 bits per heavy atom. The third-order valence-corrected chi connectivity index (χ3v) is 3.14. The van der Waals surface area contributed by atoms with Gasteiger partial charge in [0, 0.05) is 16.7 Å². The summed E-state index contributed by atoms with van der Waals surface area (Å²) in [5, 5.41) is 9.24. The molecule has 102 valence electrons. The van der Waals surface area contributed by atoms with E-state index in [1.807, 2.05) is 6.07 Å². The number of rotatable bonds is 2. The van der Waals surface area contributed by atoms with Crippen LogP contribution in [0, 0.1) is 17.1 Å². The molecular formula is C16H10FN3O. The summed E-state index contributed by atoms with van der Waals surface area (Å²) in [5.74, 6) is -0.332. The van der Waals surface area contributed by atoms with Crippen LogP contribution < -0.4 is 5.73 Å². The molecule has 0 fully saturated rings. The first-order valence-corrected chi connectivity index (χ1v) is 6.19. The zero-order chi connectivity index (χ0) is 14.8. The van der Waals surface area contributed by atoms with E-state index in [-0.39, 0.29) is 11.4 Å². The topological polar surface area (TPSA) is 75.8 Å². The van der Waals surface area contributed by atoms with E-state index in [9.17, 15) is 9.65 Å². The molecule has 0 aliphatic carbocycles. The average Bonchev–Trinajstić information content (AvgIpc) is 3.01. The maximum Gasteiger partial charge on any atom is 0.142 e. The molecule has 0 aliphatic heterocycles. The normalized spacial score (nSPS) is 10.3. The summed E-state index contributed by atoms with van der Waals surface area (Å²) in [6.45, 7) is 0. The lowest BCUT2D eigenvalue weighted by Gasteiger charge is -2.09. The summed E-state index contributed by atoms with van der Waals surface area (Å²) in [6.07, 6.45) is 3.00. The van der Waals surface area contributed by atoms with Gasteiger partial charge in [-0.25, -0.2) is 9.37 Å². The van der Waals surface area contributed by atoms with Crippen LogP contribution in [0.25, 0.3) is 22.4 Å². The molecule has 0 unspecified atom stereocenters. The Labute approximate surface area is 120 Å². The van der Waals surface area contributed by atoms with E-state index in [2.05, 4.69) is 4.98 Å². The minimum atomic E-state index is -0.396. The lowest BCUT2D eigenvalue weighted by atomic mass is 10.0. The lowest BCUT2D eigenvalue weighted by Crippen LogP contribution is -2.00. The van der Waals surface area contributed by atoms with Crippen LogP contribution in [0.1, 0.15) is 5.56 Å². The predicted molar refractivity (Wildman–Crippen MR) is 76.5 cm³/mol. The number of aromatic nitrogens is 1. The minimum Gasteiger partial charge on any atom is -0.472 e. The summed E-state index contributed by atoms with van der Waals surface area (Å²) in [5.41, 5.74) is 8.05. The van der Waals surface area contributed by atoms with Crippen molar-refractivity contribution in [2.45, 2.75) is 0 Å². The van der Waals surface area contributed by atoms with Crippen LogP contribution in [0.15, 0.2) is 53.3 Å². The largest absolute Gasteiger partial charge is 0.472 e. The highest BCUT2D eigenvalue weighted by Crippen LogP contribution is 2.32. The molecule has 4 nitrogen and oxygen atoms in total. The van der Waals surface area contributed by atoms with E-state index in [1.165, 1.54) is 18.6 Å². The standard InChI is InChI=1S/C16H10FN3O/c17-14-4-2-1-3-11(14)15-7-12(10-5-6-21-9-10)13(8-18)16(19)20-15/h1-7,9H,(H2,19,20). The van der Waals surface area contributed by atoms with Crippen LogP contribution in [-0.2, 0) is 0 Å². The van der Waals surface area contributed by atoms with Gasteiger partial charge in [0.05, 0.1) is 18.2 Å².